The number of carbonyl (C=O) groups excluding carboxylic acids is 1. The number of aryl methyl sites for hydroxylation is 1. The largest absolute Gasteiger partial charge is 0.349 e. The molecule has 2 rings (SSSR count). The average molecular weight is 204 g/mol. The fourth-order valence-electron chi connectivity index (χ4n) is 2.07. The van der Waals surface area contributed by atoms with E-state index >= 15 is 0 Å². The van der Waals surface area contributed by atoms with Crippen molar-refractivity contribution >= 4 is 5.91 Å². The molecule has 1 heterocycles. The molecule has 3 nitrogen and oxygen atoms in total. The van der Waals surface area contributed by atoms with Gasteiger partial charge in [0.2, 0.25) is 0 Å². The van der Waals surface area contributed by atoms with Crippen LogP contribution in [-0.2, 0) is 6.42 Å². The molecule has 0 radical (unpaired) electrons. The van der Waals surface area contributed by atoms with Crippen LogP contribution in [0.1, 0.15) is 27.9 Å². The van der Waals surface area contributed by atoms with Crippen LogP contribution in [0.15, 0.2) is 18.2 Å². The van der Waals surface area contributed by atoms with Crippen molar-refractivity contribution in [3.63, 3.8) is 0 Å². The zero-order valence-corrected chi connectivity index (χ0v) is 8.92. The Labute approximate surface area is 89.7 Å². The average Bonchev–Trinajstić information content (AvgIpc) is 2.17. The molecular formula is C12H16N2O. The summed E-state index contributed by atoms with van der Waals surface area (Å²) in [6.45, 7) is 2.66. The summed E-state index contributed by atoms with van der Waals surface area (Å²) in [5.74, 6) is 0.0368. The summed E-state index contributed by atoms with van der Waals surface area (Å²) in [5, 5.41) is 2.97. The fraction of sp³-hybridized carbons (Fsp3) is 0.417. The standard InChI is InChI=1S/C12H16N2O/c1-8-2-3-11-9(6-8)7-10(4-5-13)14-12(11)15/h2-3,6,10H,4-5,7,13H2,1H3,(H,14,15). The number of carbonyl (C=O) groups is 1. The third-order valence-corrected chi connectivity index (χ3v) is 2.82. The number of nitrogens with two attached hydrogens (primary N) is 1. The van der Waals surface area contributed by atoms with Crippen molar-refractivity contribution in [3.8, 4) is 0 Å². The summed E-state index contributed by atoms with van der Waals surface area (Å²) >= 11 is 0. The van der Waals surface area contributed by atoms with Gasteiger partial charge in [-0.15, -0.1) is 0 Å². The SMILES string of the molecule is Cc1ccc2c(c1)CC(CCN)NC2=O. The molecule has 80 valence electrons. The van der Waals surface area contributed by atoms with Crippen molar-refractivity contribution in [3.05, 3.63) is 34.9 Å². The monoisotopic (exact) mass is 204 g/mol. The number of nitrogens with one attached hydrogen (secondary N) is 1. The van der Waals surface area contributed by atoms with Crippen molar-refractivity contribution in [1.82, 2.24) is 5.32 Å². The molecule has 0 saturated heterocycles. The van der Waals surface area contributed by atoms with E-state index < -0.39 is 0 Å². The Balaban J connectivity index is 2.29. The maximum absolute atomic E-state index is 11.7. The van der Waals surface area contributed by atoms with E-state index in [1.165, 1.54) is 5.56 Å². The first-order valence-corrected chi connectivity index (χ1v) is 5.31. The van der Waals surface area contributed by atoms with E-state index in [1.54, 1.807) is 0 Å². The Hall–Kier alpha value is -1.35. The van der Waals surface area contributed by atoms with Crippen LogP contribution >= 0.6 is 0 Å². The topological polar surface area (TPSA) is 55.1 Å². The highest BCUT2D eigenvalue weighted by Gasteiger charge is 2.23. The first-order chi connectivity index (χ1) is 7.20. The van der Waals surface area contributed by atoms with E-state index in [0.717, 1.165) is 24.0 Å². The summed E-state index contributed by atoms with van der Waals surface area (Å²) < 4.78 is 0. The van der Waals surface area contributed by atoms with Crippen molar-refractivity contribution < 1.29 is 4.79 Å². The smallest absolute Gasteiger partial charge is 0.251 e. The number of amides is 1. The van der Waals surface area contributed by atoms with E-state index in [4.69, 9.17) is 5.73 Å². The van der Waals surface area contributed by atoms with E-state index in [1.807, 2.05) is 19.1 Å². The van der Waals surface area contributed by atoms with Crippen LogP contribution in [0.2, 0.25) is 0 Å². The molecule has 0 saturated carbocycles. The number of hydrogen-bond acceptors (Lipinski definition) is 2. The predicted molar refractivity (Wildman–Crippen MR) is 59.8 cm³/mol. The van der Waals surface area contributed by atoms with Crippen LogP contribution in [0.4, 0.5) is 0 Å². The van der Waals surface area contributed by atoms with Gasteiger partial charge in [0.15, 0.2) is 0 Å². The van der Waals surface area contributed by atoms with Crippen LogP contribution < -0.4 is 11.1 Å². The lowest BCUT2D eigenvalue weighted by Crippen LogP contribution is -2.42. The number of hydrogen-bond donors (Lipinski definition) is 2. The second-order valence-electron chi connectivity index (χ2n) is 4.11. The Morgan fingerprint density at radius 2 is 2.33 bits per heavy atom. The van der Waals surface area contributed by atoms with Crippen molar-refractivity contribution in [2.24, 2.45) is 5.73 Å². The Morgan fingerprint density at radius 1 is 1.53 bits per heavy atom. The highest BCUT2D eigenvalue weighted by molar-refractivity contribution is 5.97. The first-order valence-electron chi connectivity index (χ1n) is 5.31. The number of benzene rings is 1. The number of rotatable bonds is 2. The lowest BCUT2D eigenvalue weighted by atomic mass is 9.92. The molecule has 3 N–H and O–H groups in total. The van der Waals surface area contributed by atoms with E-state index in [9.17, 15) is 4.79 Å². The Bertz CT molecular complexity index is 387. The molecule has 1 aromatic rings. The zero-order chi connectivity index (χ0) is 10.8. The van der Waals surface area contributed by atoms with E-state index in [-0.39, 0.29) is 11.9 Å². The van der Waals surface area contributed by atoms with Crippen LogP contribution in [0.25, 0.3) is 0 Å². The third kappa shape index (κ3) is 2.02. The minimum atomic E-state index is 0.0368. The predicted octanol–water partition coefficient (Wildman–Crippen LogP) is 0.998. The van der Waals surface area contributed by atoms with Gasteiger partial charge in [-0.1, -0.05) is 17.7 Å². The minimum absolute atomic E-state index is 0.0368. The highest BCUT2D eigenvalue weighted by atomic mass is 16.1. The molecule has 15 heavy (non-hydrogen) atoms. The van der Waals surface area contributed by atoms with Gasteiger partial charge >= 0.3 is 0 Å². The molecule has 3 heteroatoms. The maximum atomic E-state index is 11.7. The van der Waals surface area contributed by atoms with Gasteiger partial charge in [0.05, 0.1) is 0 Å². The van der Waals surface area contributed by atoms with E-state index in [2.05, 4.69) is 11.4 Å². The first kappa shape index (κ1) is 10.2. The molecule has 1 aromatic carbocycles. The molecule has 0 bridgehead atoms. The van der Waals surface area contributed by atoms with Gasteiger partial charge in [0.25, 0.3) is 5.91 Å². The lowest BCUT2D eigenvalue weighted by Gasteiger charge is -2.25. The van der Waals surface area contributed by atoms with Gasteiger partial charge in [-0.25, -0.2) is 0 Å². The summed E-state index contributed by atoms with van der Waals surface area (Å²) in [5.41, 5.74) is 8.67. The van der Waals surface area contributed by atoms with Crippen LogP contribution in [0, 0.1) is 6.92 Å². The molecule has 0 fully saturated rings. The van der Waals surface area contributed by atoms with Crippen LogP contribution in [-0.4, -0.2) is 18.5 Å². The quantitative estimate of drug-likeness (QED) is 0.755. The highest BCUT2D eigenvalue weighted by Crippen LogP contribution is 2.19. The van der Waals surface area contributed by atoms with Gasteiger partial charge in [-0.2, -0.15) is 0 Å². The molecule has 0 spiro atoms. The fourth-order valence-corrected chi connectivity index (χ4v) is 2.07. The molecule has 0 aliphatic carbocycles. The summed E-state index contributed by atoms with van der Waals surface area (Å²) in [4.78, 5) is 11.7. The van der Waals surface area contributed by atoms with Gasteiger partial charge < -0.3 is 11.1 Å². The third-order valence-electron chi connectivity index (χ3n) is 2.82. The molecule has 1 aliphatic heterocycles. The normalized spacial score (nSPS) is 19.6. The Kier molecular flexibility index (Phi) is 2.73. The van der Waals surface area contributed by atoms with Gasteiger partial charge in [-0.05, 0) is 37.9 Å². The van der Waals surface area contributed by atoms with E-state index in [0.29, 0.717) is 6.54 Å². The van der Waals surface area contributed by atoms with Gasteiger partial charge in [0, 0.05) is 11.6 Å². The van der Waals surface area contributed by atoms with Crippen LogP contribution in [0.3, 0.4) is 0 Å². The minimum Gasteiger partial charge on any atom is -0.349 e. The van der Waals surface area contributed by atoms with Crippen molar-refractivity contribution in [2.75, 3.05) is 6.54 Å². The molecule has 1 unspecified atom stereocenters. The molecule has 0 aromatic heterocycles. The molecule has 1 amide bonds. The molecular weight excluding hydrogens is 188 g/mol. The molecule has 1 atom stereocenters. The van der Waals surface area contributed by atoms with Crippen molar-refractivity contribution in [1.29, 1.82) is 0 Å². The molecule has 1 aliphatic rings. The zero-order valence-electron chi connectivity index (χ0n) is 8.92. The van der Waals surface area contributed by atoms with Gasteiger partial charge in [0.1, 0.15) is 0 Å². The summed E-state index contributed by atoms with van der Waals surface area (Å²) in [7, 11) is 0. The van der Waals surface area contributed by atoms with Crippen molar-refractivity contribution in [2.45, 2.75) is 25.8 Å². The van der Waals surface area contributed by atoms with Gasteiger partial charge in [-0.3, -0.25) is 4.79 Å². The summed E-state index contributed by atoms with van der Waals surface area (Å²) in [6.07, 6.45) is 1.75. The lowest BCUT2D eigenvalue weighted by molar-refractivity contribution is 0.0923. The maximum Gasteiger partial charge on any atom is 0.251 e. The second kappa shape index (κ2) is 4.03. The Morgan fingerprint density at radius 3 is 3.07 bits per heavy atom. The van der Waals surface area contributed by atoms with Crippen LogP contribution in [0.5, 0.6) is 0 Å². The summed E-state index contributed by atoms with van der Waals surface area (Å²) in [6, 6.07) is 6.18. The number of fused-ring (bicyclic) bond motifs is 1. The second-order valence-corrected chi connectivity index (χ2v) is 4.11.